The molecule has 5 rings (SSSR count). The number of anilines is 1. The molecule has 0 aromatic heterocycles. The van der Waals surface area contributed by atoms with E-state index in [4.69, 9.17) is 0 Å². The van der Waals surface area contributed by atoms with Gasteiger partial charge in [-0.15, -0.1) is 0 Å². The lowest BCUT2D eigenvalue weighted by atomic mass is 9.90. The molecular weight excluding hydrogens is 416 g/mol. The number of hydrogen-bond donors (Lipinski definition) is 0. The number of aryl methyl sites for hydroxylation is 2. The normalized spacial score (nSPS) is 27.3. The summed E-state index contributed by atoms with van der Waals surface area (Å²) in [6, 6.07) is 4.94. The Morgan fingerprint density at radius 2 is 1.93 bits per heavy atom. The molecular formula is C23H24BrN2S+. The first-order chi connectivity index (χ1) is 13.2. The highest BCUT2D eigenvalue weighted by Crippen LogP contribution is 2.39. The van der Waals surface area contributed by atoms with E-state index in [1.54, 1.807) is 16.8 Å². The molecule has 138 valence electrons. The molecule has 2 nitrogen and oxygen atoms in total. The molecule has 4 aliphatic rings. The van der Waals surface area contributed by atoms with Crippen molar-refractivity contribution in [3.05, 3.63) is 51.2 Å². The van der Waals surface area contributed by atoms with E-state index < -0.39 is 0 Å². The highest BCUT2D eigenvalue weighted by Gasteiger charge is 2.38. The molecule has 0 saturated heterocycles. The van der Waals surface area contributed by atoms with Gasteiger partial charge in [-0.25, -0.2) is 0 Å². The Hall–Kier alpha value is -1.44. The SMILES string of the molecule is CC[N+]1=C(c2cc3c4c(c2)CCCN4CCC3)SC2C#CC/C(Br)=C\C=C/21. The zero-order valence-electron chi connectivity index (χ0n) is 15.7. The third-order valence-corrected chi connectivity index (χ3v) is 7.69. The van der Waals surface area contributed by atoms with Crippen molar-refractivity contribution in [2.75, 3.05) is 24.5 Å². The predicted octanol–water partition coefficient (Wildman–Crippen LogP) is 4.85. The Labute approximate surface area is 174 Å². The van der Waals surface area contributed by atoms with Crippen LogP contribution in [0.4, 0.5) is 5.69 Å². The van der Waals surface area contributed by atoms with Gasteiger partial charge in [0.1, 0.15) is 6.54 Å². The maximum atomic E-state index is 3.62. The second-order valence-electron chi connectivity index (χ2n) is 7.59. The van der Waals surface area contributed by atoms with Crippen molar-refractivity contribution in [1.29, 1.82) is 0 Å². The van der Waals surface area contributed by atoms with Gasteiger partial charge in [-0.05, 0) is 73.7 Å². The summed E-state index contributed by atoms with van der Waals surface area (Å²) < 4.78 is 3.64. The van der Waals surface area contributed by atoms with Gasteiger partial charge in [0.25, 0.3) is 0 Å². The van der Waals surface area contributed by atoms with E-state index in [0.717, 1.165) is 17.4 Å². The Kier molecular flexibility index (Phi) is 4.70. The minimum Gasteiger partial charge on any atom is -0.371 e. The fourth-order valence-electron chi connectivity index (χ4n) is 4.72. The molecule has 1 unspecified atom stereocenters. The summed E-state index contributed by atoms with van der Waals surface area (Å²) in [4.78, 5) is 2.62. The Bertz CT molecular complexity index is 929. The van der Waals surface area contributed by atoms with Crippen LogP contribution in [0.5, 0.6) is 0 Å². The zero-order valence-corrected chi connectivity index (χ0v) is 18.1. The summed E-state index contributed by atoms with van der Waals surface area (Å²) in [6.07, 6.45) is 10.3. The van der Waals surface area contributed by atoms with E-state index in [-0.39, 0.29) is 5.25 Å². The number of rotatable bonds is 2. The van der Waals surface area contributed by atoms with Crippen molar-refractivity contribution in [3.8, 4) is 11.8 Å². The van der Waals surface area contributed by atoms with Crippen LogP contribution < -0.4 is 4.90 Å². The van der Waals surface area contributed by atoms with Gasteiger partial charge in [-0.1, -0.05) is 27.8 Å². The van der Waals surface area contributed by atoms with E-state index in [9.17, 15) is 0 Å². The first-order valence-electron chi connectivity index (χ1n) is 10.0. The summed E-state index contributed by atoms with van der Waals surface area (Å²) in [5.41, 5.74) is 7.40. The number of thioether (sulfide) groups is 1. The first-order valence-corrected chi connectivity index (χ1v) is 11.7. The maximum Gasteiger partial charge on any atom is 0.249 e. The summed E-state index contributed by atoms with van der Waals surface area (Å²) in [5.74, 6) is 6.83. The van der Waals surface area contributed by atoms with Crippen molar-refractivity contribution < 1.29 is 4.58 Å². The topological polar surface area (TPSA) is 6.25 Å². The molecule has 0 N–H and O–H groups in total. The second kappa shape index (κ2) is 7.18. The molecule has 1 atom stereocenters. The molecule has 27 heavy (non-hydrogen) atoms. The van der Waals surface area contributed by atoms with E-state index in [1.165, 1.54) is 55.1 Å². The van der Waals surface area contributed by atoms with Crippen molar-refractivity contribution >= 4 is 38.4 Å². The standard InChI is InChI=1S/C23H24BrN2S/c1-2-26-20-11-10-19(24)8-3-9-21(20)27-23(26)18-14-16-6-4-12-25-13-5-7-17(15-18)22(16)25/h10-11,14-15,21H,2,4-8,12-13H2,1H3/q+1/b19-10+,20-11+. The lowest BCUT2D eigenvalue weighted by Gasteiger charge is -2.37. The fourth-order valence-corrected chi connectivity index (χ4v) is 6.30. The quantitative estimate of drug-likeness (QED) is 0.479. The molecule has 0 saturated carbocycles. The Balaban J connectivity index is 1.63. The number of allylic oxidation sites excluding steroid dienone is 3. The van der Waals surface area contributed by atoms with Gasteiger partial charge in [0, 0.05) is 35.8 Å². The van der Waals surface area contributed by atoms with Crippen LogP contribution >= 0.6 is 27.7 Å². The number of hydrogen-bond acceptors (Lipinski definition) is 2. The fraction of sp³-hybridized carbons (Fsp3) is 0.435. The lowest BCUT2D eigenvalue weighted by molar-refractivity contribution is -0.467. The minimum atomic E-state index is 0.251. The van der Waals surface area contributed by atoms with E-state index >= 15 is 0 Å². The van der Waals surface area contributed by atoms with Crippen molar-refractivity contribution in [2.24, 2.45) is 0 Å². The first kappa shape index (κ1) is 17.6. The lowest BCUT2D eigenvalue weighted by Crippen LogP contribution is -2.34. The van der Waals surface area contributed by atoms with Crippen molar-refractivity contribution in [3.63, 3.8) is 0 Å². The van der Waals surface area contributed by atoms with Gasteiger partial charge in [0.05, 0.1) is 5.56 Å². The number of nitrogens with zero attached hydrogens (tertiary/aromatic N) is 2. The van der Waals surface area contributed by atoms with Crippen LogP contribution in [-0.4, -0.2) is 34.5 Å². The number of halogens is 1. The molecule has 0 amide bonds. The van der Waals surface area contributed by atoms with E-state index in [1.807, 2.05) is 11.8 Å². The zero-order chi connectivity index (χ0) is 18.4. The summed E-state index contributed by atoms with van der Waals surface area (Å²) in [6.45, 7) is 5.70. The number of benzene rings is 1. The highest BCUT2D eigenvalue weighted by molar-refractivity contribution is 9.11. The van der Waals surface area contributed by atoms with Crippen molar-refractivity contribution in [2.45, 2.75) is 44.3 Å². The molecule has 4 heteroatoms. The van der Waals surface area contributed by atoms with Crippen LogP contribution in [-0.2, 0) is 12.8 Å². The molecule has 0 fully saturated rings. The van der Waals surface area contributed by atoms with Crippen LogP contribution in [0.2, 0.25) is 0 Å². The smallest absolute Gasteiger partial charge is 0.249 e. The van der Waals surface area contributed by atoms with Crippen LogP contribution in [0.3, 0.4) is 0 Å². The van der Waals surface area contributed by atoms with E-state index in [2.05, 4.69) is 68.5 Å². The van der Waals surface area contributed by atoms with Gasteiger partial charge in [0.15, 0.2) is 5.25 Å². The molecule has 3 heterocycles. The molecule has 3 aliphatic heterocycles. The van der Waals surface area contributed by atoms with Crippen LogP contribution in [0, 0.1) is 11.8 Å². The Morgan fingerprint density at radius 1 is 1.19 bits per heavy atom. The second-order valence-corrected chi connectivity index (χ2v) is 9.70. The van der Waals surface area contributed by atoms with Gasteiger partial charge in [-0.3, -0.25) is 0 Å². The highest BCUT2D eigenvalue weighted by atomic mass is 79.9. The average molecular weight is 440 g/mol. The van der Waals surface area contributed by atoms with Gasteiger partial charge < -0.3 is 4.90 Å². The van der Waals surface area contributed by atoms with Crippen LogP contribution in [0.15, 0.2) is 34.5 Å². The van der Waals surface area contributed by atoms with Crippen molar-refractivity contribution in [1.82, 2.24) is 0 Å². The molecule has 0 bridgehead atoms. The average Bonchev–Trinajstić information content (AvgIpc) is 3.02. The van der Waals surface area contributed by atoms with Gasteiger partial charge >= 0.3 is 0 Å². The Morgan fingerprint density at radius 3 is 2.63 bits per heavy atom. The number of fused-ring (bicyclic) bond motifs is 1. The van der Waals surface area contributed by atoms with Gasteiger partial charge in [0.2, 0.25) is 10.7 Å². The van der Waals surface area contributed by atoms with E-state index in [0.29, 0.717) is 0 Å². The molecule has 1 aromatic carbocycles. The molecule has 1 aromatic rings. The van der Waals surface area contributed by atoms with Crippen LogP contribution in [0.25, 0.3) is 0 Å². The summed E-state index contributed by atoms with van der Waals surface area (Å²) in [7, 11) is 0. The summed E-state index contributed by atoms with van der Waals surface area (Å²) in [5, 5.41) is 1.64. The largest absolute Gasteiger partial charge is 0.371 e. The van der Waals surface area contributed by atoms with Gasteiger partial charge in [-0.2, -0.15) is 4.58 Å². The monoisotopic (exact) mass is 439 g/mol. The third-order valence-electron chi connectivity index (χ3n) is 5.88. The maximum absolute atomic E-state index is 3.62. The molecule has 0 spiro atoms. The van der Waals surface area contributed by atoms with Crippen LogP contribution in [0.1, 0.15) is 42.9 Å². The molecule has 1 aliphatic carbocycles. The molecule has 0 radical (unpaired) electrons. The minimum absolute atomic E-state index is 0.251. The summed E-state index contributed by atoms with van der Waals surface area (Å²) >= 11 is 5.56. The predicted molar refractivity (Wildman–Crippen MR) is 119 cm³/mol. The third kappa shape index (κ3) is 3.09.